The summed E-state index contributed by atoms with van der Waals surface area (Å²) in [4.78, 5) is 28.0. The van der Waals surface area contributed by atoms with Crippen molar-refractivity contribution in [3.05, 3.63) is 36.5 Å². The van der Waals surface area contributed by atoms with Gasteiger partial charge in [0.1, 0.15) is 0 Å². The van der Waals surface area contributed by atoms with Gasteiger partial charge in [-0.15, -0.1) is 6.58 Å². The average Bonchev–Trinajstić information content (AvgIpc) is 2.64. The number of unbranched alkanes of at least 4 members (excludes halogenated alkanes) is 2. The Morgan fingerprint density at radius 2 is 2.15 bits per heavy atom. The zero-order chi connectivity index (χ0) is 19.6. The van der Waals surface area contributed by atoms with Crippen LogP contribution < -0.4 is 10.1 Å². The molecule has 0 aromatic carbocycles. The van der Waals surface area contributed by atoms with Crippen molar-refractivity contribution in [2.45, 2.75) is 45.1 Å². The highest BCUT2D eigenvalue weighted by Crippen LogP contribution is 2.27. The van der Waals surface area contributed by atoms with E-state index in [4.69, 9.17) is 9.84 Å². The summed E-state index contributed by atoms with van der Waals surface area (Å²) in [6.07, 6.45) is 6.02. The van der Waals surface area contributed by atoms with Gasteiger partial charge < -0.3 is 20.3 Å². The van der Waals surface area contributed by atoms with Crippen LogP contribution in [0.4, 0.5) is 0 Å². The van der Waals surface area contributed by atoms with E-state index in [1.54, 1.807) is 19.1 Å². The molecule has 3 N–H and O–H groups in total. The summed E-state index contributed by atoms with van der Waals surface area (Å²) in [7, 11) is 1.48. The normalized spacial score (nSPS) is 14.1. The molecule has 144 valence electrons. The van der Waals surface area contributed by atoms with Crippen LogP contribution in [0.1, 0.15) is 50.6 Å². The number of pyridine rings is 1. The molecule has 0 spiro atoms. The van der Waals surface area contributed by atoms with Gasteiger partial charge >= 0.3 is 5.97 Å². The maximum atomic E-state index is 12.7. The van der Waals surface area contributed by atoms with E-state index in [1.165, 1.54) is 13.3 Å². The Labute approximate surface area is 154 Å². The molecule has 1 rings (SSSR count). The van der Waals surface area contributed by atoms with E-state index in [2.05, 4.69) is 16.9 Å². The summed E-state index contributed by atoms with van der Waals surface area (Å²) in [5.74, 6) is -1.01. The van der Waals surface area contributed by atoms with Crippen molar-refractivity contribution in [1.29, 1.82) is 0 Å². The van der Waals surface area contributed by atoms with E-state index in [0.717, 1.165) is 19.3 Å². The van der Waals surface area contributed by atoms with Crippen molar-refractivity contribution in [3.63, 3.8) is 0 Å². The van der Waals surface area contributed by atoms with Crippen LogP contribution in [0.25, 0.3) is 0 Å². The molecule has 0 bridgehead atoms. The van der Waals surface area contributed by atoms with Gasteiger partial charge in [0.05, 0.1) is 31.6 Å². The van der Waals surface area contributed by atoms with E-state index in [9.17, 15) is 14.7 Å². The van der Waals surface area contributed by atoms with E-state index >= 15 is 0 Å². The number of nitrogens with zero attached hydrogens (tertiary/aromatic N) is 1. The lowest BCUT2D eigenvalue weighted by Crippen LogP contribution is -2.43. The average molecular weight is 364 g/mol. The van der Waals surface area contributed by atoms with Crippen LogP contribution in [0.3, 0.4) is 0 Å². The van der Waals surface area contributed by atoms with Crippen LogP contribution in [0.5, 0.6) is 5.88 Å². The van der Waals surface area contributed by atoms with Crippen molar-refractivity contribution in [3.8, 4) is 5.88 Å². The zero-order valence-electron chi connectivity index (χ0n) is 15.4. The van der Waals surface area contributed by atoms with E-state index < -0.39 is 17.4 Å². The van der Waals surface area contributed by atoms with E-state index in [1.807, 2.05) is 6.08 Å². The monoisotopic (exact) mass is 364 g/mol. The Kier molecular flexibility index (Phi) is 8.78. The predicted molar refractivity (Wildman–Crippen MR) is 97.8 cm³/mol. The molecule has 0 radical (unpaired) electrons. The highest BCUT2D eigenvalue weighted by atomic mass is 16.5. The zero-order valence-corrected chi connectivity index (χ0v) is 15.4. The Hall–Kier alpha value is -2.41. The third-order valence-electron chi connectivity index (χ3n) is 4.34. The molecule has 26 heavy (non-hydrogen) atoms. The maximum Gasteiger partial charge on any atom is 0.305 e. The summed E-state index contributed by atoms with van der Waals surface area (Å²) < 4.78 is 4.99. The molecular weight excluding hydrogens is 336 g/mol. The summed E-state index contributed by atoms with van der Waals surface area (Å²) in [5, 5.41) is 21.6. The molecule has 0 aliphatic heterocycles. The lowest BCUT2D eigenvalue weighted by Gasteiger charge is -2.29. The lowest BCUT2D eigenvalue weighted by molar-refractivity contribution is -0.138. The standard InChI is InChI=1S/C19H28N2O5/c1-4-5-6-7-10-19(2,13-22)18(25)21-15(11-17(23)24)14-8-9-16(26-3)20-12-14/h4,8-9,12,15,22H,1,5-7,10-11,13H2,2-3H3,(H,21,25)(H,23,24)/t15-,19?/m0/s1. The van der Waals surface area contributed by atoms with Crippen molar-refractivity contribution in [2.75, 3.05) is 13.7 Å². The number of rotatable bonds is 12. The Bertz CT molecular complexity index is 602. The number of aliphatic hydroxyl groups excluding tert-OH is 1. The summed E-state index contributed by atoms with van der Waals surface area (Å²) in [6.45, 7) is 5.03. The van der Waals surface area contributed by atoms with Crippen molar-refractivity contribution >= 4 is 11.9 Å². The first-order chi connectivity index (χ1) is 12.4. The summed E-state index contributed by atoms with van der Waals surface area (Å²) in [5.41, 5.74) is -0.411. The van der Waals surface area contributed by atoms with Gasteiger partial charge in [-0.25, -0.2) is 4.98 Å². The Morgan fingerprint density at radius 1 is 1.42 bits per heavy atom. The third kappa shape index (κ3) is 6.48. The van der Waals surface area contributed by atoms with Gasteiger partial charge in [0.25, 0.3) is 0 Å². The van der Waals surface area contributed by atoms with E-state index in [-0.39, 0.29) is 18.9 Å². The number of aromatic nitrogens is 1. The molecule has 2 atom stereocenters. The number of nitrogens with one attached hydrogen (secondary N) is 1. The van der Waals surface area contributed by atoms with Gasteiger partial charge in [0.2, 0.25) is 11.8 Å². The fraction of sp³-hybridized carbons (Fsp3) is 0.526. The second kappa shape index (κ2) is 10.6. The smallest absolute Gasteiger partial charge is 0.305 e. The van der Waals surface area contributed by atoms with Gasteiger partial charge in [-0.2, -0.15) is 0 Å². The minimum absolute atomic E-state index is 0.280. The number of hydrogen-bond donors (Lipinski definition) is 3. The number of carbonyl (C=O) groups is 2. The first-order valence-corrected chi connectivity index (χ1v) is 8.60. The van der Waals surface area contributed by atoms with E-state index in [0.29, 0.717) is 17.9 Å². The van der Waals surface area contributed by atoms with Crippen molar-refractivity contribution < 1.29 is 24.5 Å². The molecule has 1 unspecified atom stereocenters. The number of carboxylic acids is 1. The molecule has 0 saturated carbocycles. The quantitative estimate of drug-likeness (QED) is 0.388. The largest absolute Gasteiger partial charge is 0.481 e. The van der Waals surface area contributed by atoms with Crippen LogP contribution in [0.15, 0.2) is 31.0 Å². The van der Waals surface area contributed by atoms with Crippen LogP contribution in [-0.4, -0.2) is 40.8 Å². The first-order valence-electron chi connectivity index (χ1n) is 8.60. The van der Waals surface area contributed by atoms with Gasteiger partial charge in [0, 0.05) is 12.3 Å². The summed E-state index contributed by atoms with van der Waals surface area (Å²) >= 11 is 0. The molecule has 7 heteroatoms. The fourth-order valence-electron chi connectivity index (χ4n) is 2.55. The number of carboxylic acid groups (broad SMARTS) is 1. The number of carbonyl (C=O) groups excluding carboxylic acids is 1. The molecule has 0 aliphatic rings. The second-order valence-corrected chi connectivity index (χ2v) is 6.51. The lowest BCUT2D eigenvalue weighted by atomic mass is 9.84. The summed E-state index contributed by atoms with van der Waals surface area (Å²) in [6, 6.07) is 2.54. The molecule has 0 fully saturated rings. The van der Waals surface area contributed by atoms with Crippen LogP contribution in [-0.2, 0) is 9.59 Å². The highest BCUT2D eigenvalue weighted by molar-refractivity contribution is 5.83. The predicted octanol–water partition coefficient (Wildman–Crippen LogP) is 2.47. The topological polar surface area (TPSA) is 109 Å². The third-order valence-corrected chi connectivity index (χ3v) is 4.34. The molecule has 0 aliphatic carbocycles. The molecule has 1 amide bonds. The molecule has 1 aromatic rings. The second-order valence-electron chi connectivity index (χ2n) is 6.51. The molecule has 7 nitrogen and oxygen atoms in total. The molecule has 1 aromatic heterocycles. The SMILES string of the molecule is C=CCCCCC(C)(CO)C(=O)N[C@@H](CC(=O)O)c1ccc(OC)nc1. The van der Waals surface area contributed by atoms with Crippen LogP contribution >= 0.6 is 0 Å². The van der Waals surface area contributed by atoms with Gasteiger partial charge in [0.15, 0.2) is 0 Å². The number of ether oxygens (including phenoxy) is 1. The Morgan fingerprint density at radius 3 is 2.65 bits per heavy atom. The molecular formula is C19H28N2O5. The number of hydrogen-bond acceptors (Lipinski definition) is 5. The number of allylic oxidation sites excluding steroid dienone is 1. The first kappa shape index (κ1) is 21.6. The fourth-order valence-corrected chi connectivity index (χ4v) is 2.55. The maximum absolute atomic E-state index is 12.7. The van der Waals surface area contributed by atoms with Crippen LogP contribution in [0, 0.1) is 5.41 Å². The van der Waals surface area contributed by atoms with Gasteiger partial charge in [-0.1, -0.05) is 18.6 Å². The minimum atomic E-state index is -1.04. The van der Waals surface area contributed by atoms with Gasteiger partial charge in [-0.05, 0) is 31.7 Å². The minimum Gasteiger partial charge on any atom is -0.481 e. The number of amides is 1. The Balaban J connectivity index is 2.88. The van der Waals surface area contributed by atoms with Crippen LogP contribution in [0.2, 0.25) is 0 Å². The molecule has 1 heterocycles. The molecule has 0 saturated heterocycles. The number of methoxy groups -OCH3 is 1. The highest BCUT2D eigenvalue weighted by Gasteiger charge is 2.34. The van der Waals surface area contributed by atoms with Crippen molar-refractivity contribution in [2.24, 2.45) is 5.41 Å². The number of aliphatic carboxylic acids is 1. The van der Waals surface area contributed by atoms with Crippen molar-refractivity contribution in [1.82, 2.24) is 10.3 Å². The number of aliphatic hydroxyl groups is 1. The van der Waals surface area contributed by atoms with Gasteiger partial charge in [-0.3, -0.25) is 9.59 Å².